The monoisotopic (exact) mass is 275 g/mol. The molecule has 6 nitrogen and oxygen atoms in total. The molecule has 0 bridgehead atoms. The van der Waals surface area contributed by atoms with E-state index in [0.29, 0.717) is 6.04 Å². The SMILES string of the molecule is CCCCc1nc(CN2CC(n3cc(C)cn3)C2)no1. The zero-order chi connectivity index (χ0) is 13.9. The van der Waals surface area contributed by atoms with E-state index in [0.717, 1.165) is 50.6 Å². The Morgan fingerprint density at radius 3 is 2.95 bits per heavy atom. The van der Waals surface area contributed by atoms with Crippen molar-refractivity contribution < 1.29 is 4.52 Å². The second-order valence-corrected chi connectivity index (χ2v) is 5.55. The average molecular weight is 275 g/mol. The first kappa shape index (κ1) is 13.3. The number of aryl methyl sites for hydroxylation is 2. The molecule has 0 atom stereocenters. The Labute approximate surface area is 118 Å². The molecule has 0 aromatic carbocycles. The van der Waals surface area contributed by atoms with Crippen molar-refractivity contribution in [3.05, 3.63) is 29.7 Å². The number of rotatable bonds is 6. The van der Waals surface area contributed by atoms with Gasteiger partial charge in [0.25, 0.3) is 0 Å². The van der Waals surface area contributed by atoms with Crippen LogP contribution in [-0.2, 0) is 13.0 Å². The first-order valence-electron chi connectivity index (χ1n) is 7.29. The minimum absolute atomic E-state index is 0.482. The van der Waals surface area contributed by atoms with Crippen LogP contribution in [0, 0.1) is 6.92 Å². The second kappa shape index (κ2) is 5.75. The molecule has 0 unspecified atom stereocenters. The van der Waals surface area contributed by atoms with E-state index in [4.69, 9.17) is 4.52 Å². The molecule has 1 fully saturated rings. The summed E-state index contributed by atoms with van der Waals surface area (Å²) in [6.07, 6.45) is 7.14. The summed E-state index contributed by atoms with van der Waals surface area (Å²) >= 11 is 0. The molecule has 108 valence electrons. The zero-order valence-electron chi connectivity index (χ0n) is 12.1. The van der Waals surface area contributed by atoms with Crippen LogP contribution in [0.15, 0.2) is 16.9 Å². The van der Waals surface area contributed by atoms with E-state index in [1.165, 1.54) is 5.56 Å². The van der Waals surface area contributed by atoms with E-state index in [9.17, 15) is 0 Å². The van der Waals surface area contributed by atoms with Gasteiger partial charge >= 0.3 is 0 Å². The number of nitrogens with zero attached hydrogens (tertiary/aromatic N) is 5. The molecule has 1 aliphatic rings. The predicted octanol–water partition coefficient (Wildman–Crippen LogP) is 1.97. The lowest BCUT2D eigenvalue weighted by Crippen LogP contribution is -2.47. The lowest BCUT2D eigenvalue weighted by molar-refractivity contribution is 0.0872. The smallest absolute Gasteiger partial charge is 0.226 e. The van der Waals surface area contributed by atoms with Crippen LogP contribution in [0.4, 0.5) is 0 Å². The van der Waals surface area contributed by atoms with Gasteiger partial charge < -0.3 is 4.52 Å². The van der Waals surface area contributed by atoms with Crippen molar-refractivity contribution in [2.24, 2.45) is 0 Å². The maximum atomic E-state index is 5.25. The number of likely N-dealkylation sites (tertiary alicyclic amines) is 1. The second-order valence-electron chi connectivity index (χ2n) is 5.55. The summed E-state index contributed by atoms with van der Waals surface area (Å²) < 4.78 is 7.30. The summed E-state index contributed by atoms with van der Waals surface area (Å²) in [5.41, 5.74) is 1.21. The van der Waals surface area contributed by atoms with Crippen LogP contribution in [-0.4, -0.2) is 37.9 Å². The normalized spacial score (nSPS) is 16.5. The quantitative estimate of drug-likeness (QED) is 0.806. The maximum absolute atomic E-state index is 5.25. The summed E-state index contributed by atoms with van der Waals surface area (Å²) in [4.78, 5) is 6.75. The Balaban J connectivity index is 1.47. The fourth-order valence-corrected chi connectivity index (χ4v) is 2.46. The van der Waals surface area contributed by atoms with Gasteiger partial charge in [-0.25, -0.2) is 0 Å². The molecular weight excluding hydrogens is 254 g/mol. The van der Waals surface area contributed by atoms with Gasteiger partial charge in [-0.3, -0.25) is 9.58 Å². The van der Waals surface area contributed by atoms with Gasteiger partial charge in [0.1, 0.15) is 0 Å². The highest BCUT2D eigenvalue weighted by Gasteiger charge is 2.29. The van der Waals surface area contributed by atoms with Gasteiger partial charge in [-0.1, -0.05) is 18.5 Å². The number of unbranched alkanes of at least 4 members (excludes halogenated alkanes) is 1. The molecule has 1 saturated heterocycles. The van der Waals surface area contributed by atoms with Crippen LogP contribution >= 0.6 is 0 Å². The molecule has 6 heteroatoms. The van der Waals surface area contributed by atoms with Gasteiger partial charge in [-0.05, 0) is 18.9 Å². The van der Waals surface area contributed by atoms with Gasteiger partial charge in [0, 0.05) is 25.7 Å². The van der Waals surface area contributed by atoms with Gasteiger partial charge in [0.05, 0.1) is 18.8 Å². The highest BCUT2D eigenvalue weighted by Crippen LogP contribution is 2.22. The van der Waals surface area contributed by atoms with Crippen LogP contribution in [0.1, 0.15) is 43.1 Å². The Kier molecular flexibility index (Phi) is 3.82. The molecule has 0 spiro atoms. The average Bonchev–Trinajstić information content (AvgIpc) is 3.00. The van der Waals surface area contributed by atoms with E-state index in [-0.39, 0.29) is 0 Å². The molecular formula is C14H21N5O. The predicted molar refractivity (Wildman–Crippen MR) is 74.2 cm³/mol. The van der Waals surface area contributed by atoms with Gasteiger partial charge in [0.15, 0.2) is 5.82 Å². The van der Waals surface area contributed by atoms with Crippen molar-refractivity contribution in [1.29, 1.82) is 0 Å². The molecule has 1 aliphatic heterocycles. The summed E-state index contributed by atoms with van der Waals surface area (Å²) in [6, 6.07) is 0.482. The van der Waals surface area contributed by atoms with Crippen molar-refractivity contribution in [3.63, 3.8) is 0 Å². The van der Waals surface area contributed by atoms with E-state index < -0.39 is 0 Å². The molecule has 2 aromatic heterocycles. The summed E-state index contributed by atoms with van der Waals surface area (Å²) in [5, 5.41) is 8.40. The first-order valence-corrected chi connectivity index (χ1v) is 7.29. The largest absolute Gasteiger partial charge is 0.339 e. The van der Waals surface area contributed by atoms with Crippen LogP contribution in [0.5, 0.6) is 0 Å². The van der Waals surface area contributed by atoms with E-state index in [1.807, 2.05) is 6.20 Å². The molecule has 0 amide bonds. The lowest BCUT2D eigenvalue weighted by atomic mass is 10.1. The molecule has 0 N–H and O–H groups in total. The third-order valence-corrected chi connectivity index (χ3v) is 3.66. The first-order chi connectivity index (χ1) is 9.74. The minimum Gasteiger partial charge on any atom is -0.339 e. The number of hydrogen-bond donors (Lipinski definition) is 0. The molecule has 0 saturated carbocycles. The fourth-order valence-electron chi connectivity index (χ4n) is 2.46. The van der Waals surface area contributed by atoms with E-state index >= 15 is 0 Å². The summed E-state index contributed by atoms with van der Waals surface area (Å²) in [5.74, 6) is 1.56. The highest BCUT2D eigenvalue weighted by molar-refractivity contribution is 5.02. The molecule has 2 aromatic rings. The summed E-state index contributed by atoms with van der Waals surface area (Å²) in [7, 11) is 0. The van der Waals surface area contributed by atoms with Crippen molar-refractivity contribution in [3.8, 4) is 0 Å². The van der Waals surface area contributed by atoms with Gasteiger partial charge in [-0.2, -0.15) is 10.1 Å². The lowest BCUT2D eigenvalue weighted by Gasteiger charge is -2.38. The van der Waals surface area contributed by atoms with E-state index in [1.54, 1.807) is 0 Å². The molecule has 0 radical (unpaired) electrons. The maximum Gasteiger partial charge on any atom is 0.226 e. The van der Waals surface area contributed by atoms with Crippen molar-refractivity contribution in [1.82, 2.24) is 24.8 Å². The highest BCUT2D eigenvalue weighted by atomic mass is 16.5. The van der Waals surface area contributed by atoms with Crippen LogP contribution in [0.25, 0.3) is 0 Å². The number of hydrogen-bond acceptors (Lipinski definition) is 5. The van der Waals surface area contributed by atoms with Gasteiger partial charge in [-0.15, -0.1) is 0 Å². The fraction of sp³-hybridized carbons (Fsp3) is 0.643. The van der Waals surface area contributed by atoms with Gasteiger partial charge in [0.2, 0.25) is 5.89 Å². The topological polar surface area (TPSA) is 60.0 Å². The molecule has 3 heterocycles. The molecule has 20 heavy (non-hydrogen) atoms. The van der Waals surface area contributed by atoms with Crippen LogP contribution in [0.2, 0.25) is 0 Å². The van der Waals surface area contributed by atoms with E-state index in [2.05, 4.69) is 44.9 Å². The van der Waals surface area contributed by atoms with Crippen molar-refractivity contribution >= 4 is 0 Å². The zero-order valence-corrected chi connectivity index (χ0v) is 12.1. The van der Waals surface area contributed by atoms with Crippen molar-refractivity contribution in [2.75, 3.05) is 13.1 Å². The van der Waals surface area contributed by atoms with Crippen molar-refractivity contribution in [2.45, 2.75) is 45.7 Å². The van der Waals surface area contributed by atoms with Crippen LogP contribution in [0.3, 0.4) is 0 Å². The Morgan fingerprint density at radius 2 is 2.25 bits per heavy atom. The Morgan fingerprint density at radius 1 is 1.40 bits per heavy atom. The third kappa shape index (κ3) is 2.90. The summed E-state index contributed by atoms with van der Waals surface area (Å²) in [6.45, 7) is 7.00. The minimum atomic E-state index is 0.482. The van der Waals surface area contributed by atoms with Crippen LogP contribution < -0.4 is 0 Å². The Hall–Kier alpha value is -1.69. The third-order valence-electron chi connectivity index (χ3n) is 3.66. The molecule has 0 aliphatic carbocycles. The standard InChI is InChI=1S/C14H21N5O/c1-3-4-5-14-16-13(17-20-14)10-18-8-12(9-18)19-7-11(2)6-15-19/h6-7,12H,3-5,8-10H2,1-2H3. The number of aromatic nitrogens is 4. The Bertz CT molecular complexity index is 555. The molecule has 3 rings (SSSR count).